The van der Waals surface area contributed by atoms with Crippen molar-refractivity contribution in [2.75, 3.05) is 13.7 Å². The Morgan fingerprint density at radius 3 is 2.91 bits per heavy atom. The van der Waals surface area contributed by atoms with Gasteiger partial charge >= 0.3 is 0 Å². The Balaban J connectivity index is 2.19. The summed E-state index contributed by atoms with van der Waals surface area (Å²) in [6, 6.07) is 3.82. The van der Waals surface area contributed by atoms with Crippen LogP contribution in [0.25, 0.3) is 0 Å². The highest BCUT2D eigenvalue weighted by Gasteiger charge is 2.25. The van der Waals surface area contributed by atoms with Crippen LogP contribution in [0.5, 0.6) is 5.75 Å². The molecular weight excluding hydrogens is 142 g/mol. The average molecular weight is 151 g/mol. The summed E-state index contributed by atoms with van der Waals surface area (Å²) in [5.74, 6) is 0.786. The van der Waals surface area contributed by atoms with Crippen molar-refractivity contribution in [3.8, 4) is 5.75 Å². The molecule has 1 atom stereocenters. The summed E-state index contributed by atoms with van der Waals surface area (Å²) in [7, 11) is 1.63. The quantitative estimate of drug-likeness (QED) is 0.595. The van der Waals surface area contributed by atoms with Gasteiger partial charge in [0.15, 0.2) is 0 Å². The molecule has 0 unspecified atom stereocenters. The summed E-state index contributed by atoms with van der Waals surface area (Å²) < 4.78 is 10.0. The van der Waals surface area contributed by atoms with Crippen molar-refractivity contribution in [2.45, 2.75) is 6.10 Å². The van der Waals surface area contributed by atoms with Gasteiger partial charge in [-0.15, -0.1) is 0 Å². The van der Waals surface area contributed by atoms with Crippen molar-refractivity contribution in [3.63, 3.8) is 0 Å². The van der Waals surface area contributed by atoms with Gasteiger partial charge in [0, 0.05) is 0 Å². The van der Waals surface area contributed by atoms with Crippen LogP contribution in [-0.4, -0.2) is 18.7 Å². The van der Waals surface area contributed by atoms with Gasteiger partial charge in [-0.3, -0.25) is 4.98 Å². The minimum atomic E-state index is 0.237. The largest absolute Gasteiger partial charge is 0.495 e. The molecular formula is C8H9NO2. The zero-order valence-corrected chi connectivity index (χ0v) is 6.28. The zero-order chi connectivity index (χ0) is 7.68. The van der Waals surface area contributed by atoms with Crippen LogP contribution < -0.4 is 4.74 Å². The highest BCUT2D eigenvalue weighted by Crippen LogP contribution is 2.28. The first-order valence-corrected chi connectivity index (χ1v) is 3.51. The van der Waals surface area contributed by atoms with E-state index in [0.717, 1.165) is 18.1 Å². The van der Waals surface area contributed by atoms with Crippen LogP contribution in [-0.2, 0) is 4.74 Å². The van der Waals surface area contributed by atoms with Crippen LogP contribution in [0.2, 0.25) is 0 Å². The van der Waals surface area contributed by atoms with Crippen molar-refractivity contribution in [1.29, 1.82) is 0 Å². The third kappa shape index (κ3) is 1.33. The van der Waals surface area contributed by atoms with Crippen LogP contribution in [0.3, 0.4) is 0 Å². The Morgan fingerprint density at radius 1 is 1.64 bits per heavy atom. The number of hydrogen-bond acceptors (Lipinski definition) is 3. The standard InChI is InChI=1S/C8H9NO2/c1-10-6-2-3-7(9-4-6)8-5-11-8/h2-4,8H,5H2,1H3/t8-/m0/s1. The van der Waals surface area contributed by atoms with E-state index in [1.807, 2.05) is 12.1 Å². The first-order valence-electron chi connectivity index (χ1n) is 3.51. The number of methoxy groups -OCH3 is 1. The lowest BCUT2D eigenvalue weighted by atomic mass is 10.3. The van der Waals surface area contributed by atoms with E-state index < -0.39 is 0 Å². The molecule has 0 aromatic carbocycles. The molecule has 11 heavy (non-hydrogen) atoms. The molecule has 1 fully saturated rings. The highest BCUT2D eigenvalue weighted by atomic mass is 16.6. The highest BCUT2D eigenvalue weighted by molar-refractivity contribution is 5.21. The second kappa shape index (κ2) is 2.51. The van der Waals surface area contributed by atoms with Gasteiger partial charge in [0.05, 0.1) is 25.6 Å². The van der Waals surface area contributed by atoms with E-state index in [9.17, 15) is 0 Å². The number of rotatable bonds is 2. The monoisotopic (exact) mass is 151 g/mol. The summed E-state index contributed by atoms with van der Waals surface area (Å²) in [4.78, 5) is 4.16. The van der Waals surface area contributed by atoms with Crippen molar-refractivity contribution >= 4 is 0 Å². The van der Waals surface area contributed by atoms with Gasteiger partial charge < -0.3 is 9.47 Å². The molecule has 2 rings (SSSR count). The molecule has 1 aromatic heterocycles. The maximum absolute atomic E-state index is 5.06. The number of epoxide rings is 1. The van der Waals surface area contributed by atoms with Gasteiger partial charge in [-0.25, -0.2) is 0 Å². The van der Waals surface area contributed by atoms with Gasteiger partial charge in [0.2, 0.25) is 0 Å². The second-order valence-corrected chi connectivity index (χ2v) is 2.44. The molecule has 1 aliphatic rings. The normalized spacial score (nSPS) is 21.4. The molecule has 3 heteroatoms. The molecule has 0 saturated carbocycles. The Kier molecular flexibility index (Phi) is 1.51. The van der Waals surface area contributed by atoms with E-state index in [2.05, 4.69) is 4.98 Å². The van der Waals surface area contributed by atoms with E-state index in [-0.39, 0.29) is 6.10 Å². The lowest BCUT2D eigenvalue weighted by Crippen LogP contribution is -1.88. The maximum atomic E-state index is 5.06. The average Bonchev–Trinajstić information content (AvgIpc) is 2.87. The van der Waals surface area contributed by atoms with Crippen molar-refractivity contribution in [2.24, 2.45) is 0 Å². The van der Waals surface area contributed by atoms with Gasteiger partial charge in [0.1, 0.15) is 11.9 Å². The second-order valence-electron chi connectivity index (χ2n) is 2.44. The summed E-state index contributed by atoms with van der Waals surface area (Å²) in [5.41, 5.74) is 0.991. The summed E-state index contributed by atoms with van der Waals surface area (Å²) in [6.07, 6.45) is 1.94. The van der Waals surface area contributed by atoms with Crippen LogP contribution in [0.15, 0.2) is 18.3 Å². The SMILES string of the molecule is COc1ccc([C@@H]2CO2)nc1. The van der Waals surface area contributed by atoms with Crippen LogP contribution in [0, 0.1) is 0 Å². The van der Waals surface area contributed by atoms with Gasteiger partial charge in [-0.05, 0) is 12.1 Å². The fourth-order valence-corrected chi connectivity index (χ4v) is 0.922. The number of hydrogen-bond donors (Lipinski definition) is 0. The maximum Gasteiger partial charge on any atom is 0.137 e. The molecule has 1 aromatic rings. The minimum Gasteiger partial charge on any atom is -0.495 e. The molecule has 58 valence electrons. The molecule has 0 amide bonds. The fourth-order valence-electron chi connectivity index (χ4n) is 0.922. The van der Waals surface area contributed by atoms with E-state index in [4.69, 9.17) is 9.47 Å². The Bertz CT molecular complexity index is 241. The molecule has 1 saturated heterocycles. The number of aromatic nitrogens is 1. The molecule has 0 aliphatic carbocycles. The van der Waals surface area contributed by atoms with E-state index in [1.54, 1.807) is 13.3 Å². The summed E-state index contributed by atoms with van der Waals surface area (Å²) in [5, 5.41) is 0. The Morgan fingerprint density at radius 2 is 2.45 bits per heavy atom. The topological polar surface area (TPSA) is 34.6 Å². The smallest absolute Gasteiger partial charge is 0.137 e. The van der Waals surface area contributed by atoms with Crippen molar-refractivity contribution in [1.82, 2.24) is 4.98 Å². The molecule has 3 nitrogen and oxygen atoms in total. The first kappa shape index (κ1) is 6.61. The fraction of sp³-hybridized carbons (Fsp3) is 0.375. The van der Waals surface area contributed by atoms with Crippen LogP contribution >= 0.6 is 0 Å². The third-order valence-corrected chi connectivity index (χ3v) is 1.66. The summed E-state index contributed by atoms with van der Waals surface area (Å²) in [6.45, 7) is 0.805. The minimum absolute atomic E-state index is 0.237. The number of pyridine rings is 1. The van der Waals surface area contributed by atoms with E-state index in [0.29, 0.717) is 0 Å². The van der Waals surface area contributed by atoms with E-state index >= 15 is 0 Å². The molecule has 0 bridgehead atoms. The lowest BCUT2D eigenvalue weighted by molar-refractivity contribution is 0.403. The van der Waals surface area contributed by atoms with Crippen molar-refractivity contribution < 1.29 is 9.47 Å². The van der Waals surface area contributed by atoms with Crippen LogP contribution in [0.1, 0.15) is 11.8 Å². The number of ether oxygens (including phenoxy) is 2. The van der Waals surface area contributed by atoms with Crippen molar-refractivity contribution in [3.05, 3.63) is 24.0 Å². The van der Waals surface area contributed by atoms with Gasteiger partial charge in [0.25, 0.3) is 0 Å². The molecule has 1 aliphatic heterocycles. The first-order chi connectivity index (χ1) is 5.40. The molecule has 0 spiro atoms. The lowest BCUT2D eigenvalue weighted by Gasteiger charge is -1.98. The molecule has 2 heterocycles. The predicted octanol–water partition coefficient (Wildman–Crippen LogP) is 1.16. The molecule has 0 radical (unpaired) electrons. The Labute approximate surface area is 65.0 Å². The van der Waals surface area contributed by atoms with Gasteiger partial charge in [-0.1, -0.05) is 0 Å². The molecule has 0 N–H and O–H groups in total. The van der Waals surface area contributed by atoms with Gasteiger partial charge in [-0.2, -0.15) is 0 Å². The van der Waals surface area contributed by atoms with E-state index in [1.165, 1.54) is 0 Å². The summed E-state index contributed by atoms with van der Waals surface area (Å²) >= 11 is 0. The number of nitrogens with zero attached hydrogens (tertiary/aromatic N) is 1. The van der Waals surface area contributed by atoms with Crippen LogP contribution in [0.4, 0.5) is 0 Å². The zero-order valence-electron chi connectivity index (χ0n) is 6.28. The third-order valence-electron chi connectivity index (χ3n) is 1.66. The predicted molar refractivity (Wildman–Crippen MR) is 39.5 cm³/mol. The Hall–Kier alpha value is -1.09.